The van der Waals surface area contributed by atoms with Crippen LogP contribution in [0.4, 0.5) is 5.69 Å². The number of Topliss-reactive ketones (excluding diaryl/α,β-unsaturated/α-hetero) is 1. The highest BCUT2D eigenvalue weighted by molar-refractivity contribution is 6.02. The van der Waals surface area contributed by atoms with Crippen LogP contribution in [0.25, 0.3) is 0 Å². The van der Waals surface area contributed by atoms with Crippen LogP contribution in [0, 0.1) is 17.3 Å². The molecule has 3 aliphatic carbocycles. The first-order valence-corrected chi connectivity index (χ1v) is 16.7. The number of anilines is 1. The Labute approximate surface area is 276 Å². The minimum absolute atomic E-state index is 0.0161. The molecule has 0 spiro atoms. The number of hydrogen-bond acceptors (Lipinski definition) is 9. The number of benzene rings is 2. The summed E-state index contributed by atoms with van der Waals surface area (Å²) in [6.45, 7) is 3.43. The van der Waals surface area contributed by atoms with Gasteiger partial charge >= 0.3 is 0 Å². The Hall–Kier alpha value is -3.67. The van der Waals surface area contributed by atoms with E-state index in [0.29, 0.717) is 56.0 Å². The average molecular weight is 653 g/mol. The number of amides is 2. The predicted molar refractivity (Wildman–Crippen MR) is 175 cm³/mol. The molecule has 47 heavy (non-hydrogen) atoms. The lowest BCUT2D eigenvalue weighted by Crippen LogP contribution is -2.44. The maximum atomic E-state index is 12.5. The first-order chi connectivity index (χ1) is 22.6. The SMILES string of the molecule is COc1ccc(NC(=O)COCCOCCCC(=O)CCO[C@@H]2CCC3C4CCc5cc(O)ccc5C4CCC32C)c(O)c1C(N)=O. The van der Waals surface area contributed by atoms with Crippen molar-refractivity contribution in [1.29, 1.82) is 0 Å². The van der Waals surface area contributed by atoms with Crippen molar-refractivity contribution < 1.29 is 43.5 Å². The molecule has 3 aliphatic rings. The van der Waals surface area contributed by atoms with Crippen LogP contribution < -0.4 is 15.8 Å². The molecule has 11 nitrogen and oxygen atoms in total. The largest absolute Gasteiger partial charge is 0.508 e. The third-order valence-electron chi connectivity index (χ3n) is 10.6. The Kier molecular flexibility index (Phi) is 11.4. The summed E-state index contributed by atoms with van der Waals surface area (Å²) in [7, 11) is 1.34. The van der Waals surface area contributed by atoms with E-state index < -0.39 is 17.6 Å². The summed E-state index contributed by atoms with van der Waals surface area (Å²) >= 11 is 0. The molecule has 4 unspecified atom stereocenters. The molecule has 0 aromatic heterocycles. The topological polar surface area (TPSA) is 167 Å². The van der Waals surface area contributed by atoms with Crippen LogP contribution in [-0.4, -0.2) is 74.1 Å². The van der Waals surface area contributed by atoms with Gasteiger partial charge in [0.25, 0.3) is 5.91 Å². The molecule has 0 radical (unpaired) electrons. The maximum absolute atomic E-state index is 12.5. The summed E-state index contributed by atoms with van der Waals surface area (Å²) in [6.07, 6.45) is 8.35. The molecule has 256 valence electrons. The molecule has 0 saturated heterocycles. The van der Waals surface area contributed by atoms with Crippen molar-refractivity contribution >= 4 is 23.3 Å². The Bertz CT molecular complexity index is 1450. The second kappa shape index (κ2) is 15.5. The maximum Gasteiger partial charge on any atom is 0.256 e. The van der Waals surface area contributed by atoms with Crippen LogP contribution in [0.15, 0.2) is 30.3 Å². The van der Waals surface area contributed by atoms with Gasteiger partial charge in [-0.2, -0.15) is 0 Å². The fourth-order valence-electron chi connectivity index (χ4n) is 8.26. The van der Waals surface area contributed by atoms with E-state index in [0.717, 1.165) is 25.7 Å². The van der Waals surface area contributed by atoms with Gasteiger partial charge in [-0.3, -0.25) is 14.4 Å². The molecular formula is C36H48N2O9. The van der Waals surface area contributed by atoms with Crippen molar-refractivity contribution in [1.82, 2.24) is 0 Å². The van der Waals surface area contributed by atoms with Crippen LogP contribution in [0.3, 0.4) is 0 Å². The fraction of sp³-hybridized carbons (Fsp3) is 0.583. The molecule has 0 bridgehead atoms. The summed E-state index contributed by atoms with van der Waals surface area (Å²) in [5.41, 5.74) is 7.99. The van der Waals surface area contributed by atoms with E-state index >= 15 is 0 Å². The van der Waals surface area contributed by atoms with Gasteiger partial charge < -0.3 is 40.2 Å². The zero-order valence-electron chi connectivity index (χ0n) is 27.4. The number of primary amides is 1. The van der Waals surface area contributed by atoms with Crippen molar-refractivity contribution in [3.05, 3.63) is 47.0 Å². The average Bonchev–Trinajstić information content (AvgIpc) is 3.38. The van der Waals surface area contributed by atoms with E-state index in [-0.39, 0.29) is 54.1 Å². The van der Waals surface area contributed by atoms with Crippen molar-refractivity contribution in [3.63, 3.8) is 0 Å². The van der Waals surface area contributed by atoms with E-state index in [2.05, 4.69) is 18.3 Å². The number of hydrogen-bond donors (Lipinski definition) is 4. The Morgan fingerprint density at radius 1 is 0.979 bits per heavy atom. The first-order valence-electron chi connectivity index (χ1n) is 16.7. The second-order valence-corrected chi connectivity index (χ2v) is 13.3. The molecule has 0 heterocycles. The number of ketones is 1. The molecule has 2 aromatic carbocycles. The molecule has 2 amide bonds. The van der Waals surface area contributed by atoms with Crippen molar-refractivity contribution in [2.45, 2.75) is 76.7 Å². The van der Waals surface area contributed by atoms with Crippen LogP contribution in [0.1, 0.15) is 85.7 Å². The van der Waals surface area contributed by atoms with E-state index in [1.54, 1.807) is 0 Å². The zero-order valence-corrected chi connectivity index (χ0v) is 27.4. The molecule has 11 heteroatoms. The predicted octanol–water partition coefficient (Wildman–Crippen LogP) is 4.86. The van der Waals surface area contributed by atoms with Gasteiger partial charge in [-0.15, -0.1) is 0 Å². The Morgan fingerprint density at radius 2 is 1.79 bits per heavy atom. The van der Waals surface area contributed by atoms with Crippen molar-refractivity contribution in [3.8, 4) is 17.2 Å². The monoisotopic (exact) mass is 652 g/mol. The van der Waals surface area contributed by atoms with Crippen LogP contribution >= 0.6 is 0 Å². The summed E-state index contributed by atoms with van der Waals surface area (Å²) in [6, 6.07) is 8.74. The molecule has 0 aliphatic heterocycles. The smallest absolute Gasteiger partial charge is 0.256 e. The van der Waals surface area contributed by atoms with Gasteiger partial charge in [0, 0.05) is 19.4 Å². The van der Waals surface area contributed by atoms with Gasteiger partial charge in [-0.05, 0) is 104 Å². The first kappa shape index (κ1) is 34.7. The van der Waals surface area contributed by atoms with Gasteiger partial charge in [-0.1, -0.05) is 13.0 Å². The zero-order chi connectivity index (χ0) is 33.6. The standard InChI is InChI=1S/C36H48N2O9/c1-36-15-13-26-25-8-6-24(40)20-22(25)5-7-27(26)28(36)9-12-31(36)47-17-14-23(39)4-3-16-45-18-19-46-21-32(41)38-29-10-11-30(44-2)33(34(29)42)35(37)43/h6,8,10-11,20,26-28,31,40,42H,3-5,7,9,12-19,21H2,1-2H3,(H2,37,43)(H,38,41)/t26?,27?,28?,31-,36?/m1/s1. The van der Waals surface area contributed by atoms with Gasteiger partial charge in [0.1, 0.15) is 29.5 Å². The minimum atomic E-state index is -0.886. The number of nitrogens with two attached hydrogens (primary N) is 1. The summed E-state index contributed by atoms with van der Waals surface area (Å²) in [5.74, 6) is 0.614. The number of aryl methyl sites for hydroxylation is 1. The van der Waals surface area contributed by atoms with E-state index in [1.807, 2.05) is 12.1 Å². The lowest BCUT2D eigenvalue weighted by Gasteiger charge is -2.50. The number of phenolic OH excluding ortho intramolecular Hbond substituents is 1. The summed E-state index contributed by atoms with van der Waals surface area (Å²) in [5, 5.41) is 22.7. The lowest BCUT2D eigenvalue weighted by molar-refractivity contribution is -0.123. The number of carbonyl (C=O) groups excluding carboxylic acids is 3. The molecule has 5 N–H and O–H groups in total. The van der Waals surface area contributed by atoms with Crippen LogP contribution in [-0.2, 0) is 30.2 Å². The molecule has 2 fully saturated rings. The quantitative estimate of drug-likeness (QED) is 0.146. The second-order valence-electron chi connectivity index (χ2n) is 13.3. The molecule has 2 saturated carbocycles. The van der Waals surface area contributed by atoms with Crippen LogP contribution in [0.5, 0.6) is 17.2 Å². The number of rotatable bonds is 16. The molecular weight excluding hydrogens is 604 g/mol. The summed E-state index contributed by atoms with van der Waals surface area (Å²) < 4.78 is 22.3. The van der Waals surface area contributed by atoms with Gasteiger partial charge in [0.05, 0.1) is 38.7 Å². The highest BCUT2D eigenvalue weighted by atomic mass is 16.5. The number of aromatic hydroxyl groups is 2. The van der Waals surface area contributed by atoms with Crippen LogP contribution in [0.2, 0.25) is 0 Å². The highest BCUT2D eigenvalue weighted by Crippen LogP contribution is 2.61. The number of methoxy groups -OCH3 is 1. The van der Waals surface area contributed by atoms with Gasteiger partial charge in [0.2, 0.25) is 5.91 Å². The number of ether oxygens (including phenoxy) is 4. The normalized spacial score (nSPS) is 24.6. The molecule has 5 atom stereocenters. The highest BCUT2D eigenvalue weighted by Gasteiger charge is 2.55. The van der Waals surface area contributed by atoms with Gasteiger partial charge in [0.15, 0.2) is 5.75 Å². The van der Waals surface area contributed by atoms with Gasteiger partial charge in [-0.25, -0.2) is 0 Å². The summed E-state index contributed by atoms with van der Waals surface area (Å²) in [4.78, 5) is 36.3. The lowest BCUT2D eigenvalue weighted by atomic mass is 9.55. The number of fused-ring (bicyclic) bond motifs is 5. The fourth-order valence-corrected chi connectivity index (χ4v) is 8.26. The molecule has 5 rings (SSSR count). The van der Waals surface area contributed by atoms with E-state index in [1.165, 1.54) is 43.2 Å². The number of nitrogens with one attached hydrogen (secondary N) is 1. The van der Waals surface area contributed by atoms with Crippen molar-refractivity contribution in [2.75, 3.05) is 45.5 Å². The molecule has 2 aromatic rings. The number of phenols is 2. The van der Waals surface area contributed by atoms with Crippen molar-refractivity contribution in [2.24, 2.45) is 23.0 Å². The van der Waals surface area contributed by atoms with E-state index in [9.17, 15) is 24.6 Å². The third kappa shape index (κ3) is 7.90. The Balaban J connectivity index is 0.926. The Morgan fingerprint density at radius 3 is 2.57 bits per heavy atom. The minimum Gasteiger partial charge on any atom is -0.508 e. The third-order valence-corrected chi connectivity index (χ3v) is 10.6. The van der Waals surface area contributed by atoms with E-state index in [4.69, 9.17) is 24.7 Å². The number of carbonyl (C=O) groups is 3.